The van der Waals surface area contributed by atoms with E-state index in [1.165, 1.54) is 6.07 Å². The molecule has 5 heteroatoms. The average Bonchev–Trinajstić information content (AvgIpc) is 2.44. The van der Waals surface area contributed by atoms with E-state index in [9.17, 15) is 9.50 Å². The van der Waals surface area contributed by atoms with Gasteiger partial charge < -0.3 is 10.4 Å². The second-order valence-corrected chi connectivity index (χ2v) is 6.36. The predicted molar refractivity (Wildman–Crippen MR) is 86.4 cm³/mol. The number of aliphatic hydroxyl groups excluding tert-OH is 1. The number of benzene rings is 1. The molecule has 1 atom stereocenters. The minimum absolute atomic E-state index is 0. The Labute approximate surface area is 132 Å². The van der Waals surface area contributed by atoms with E-state index in [0.717, 1.165) is 31.7 Å². The molecule has 0 radical (unpaired) electrons. The van der Waals surface area contributed by atoms with Crippen LogP contribution in [0.15, 0.2) is 18.2 Å². The van der Waals surface area contributed by atoms with Gasteiger partial charge in [0.1, 0.15) is 5.82 Å². The van der Waals surface area contributed by atoms with Crippen LogP contribution >= 0.6 is 12.4 Å². The van der Waals surface area contributed by atoms with E-state index in [1.807, 2.05) is 26.8 Å². The molecular weight excluding hydrogens is 291 g/mol. The summed E-state index contributed by atoms with van der Waals surface area (Å²) in [5.74, 6) is -0.180. The number of rotatable bonds is 4. The highest BCUT2D eigenvalue weighted by Crippen LogP contribution is 2.39. The van der Waals surface area contributed by atoms with Gasteiger partial charge in [-0.15, -0.1) is 12.4 Å². The van der Waals surface area contributed by atoms with Gasteiger partial charge in [-0.1, -0.05) is 31.5 Å². The first kappa shape index (κ1) is 18.4. The van der Waals surface area contributed by atoms with E-state index in [1.54, 1.807) is 6.07 Å². The summed E-state index contributed by atoms with van der Waals surface area (Å²) in [5, 5.41) is 13.1. The summed E-state index contributed by atoms with van der Waals surface area (Å²) in [6.07, 6.45) is 0. The normalized spacial score (nSPS) is 18.1. The summed E-state index contributed by atoms with van der Waals surface area (Å²) in [7, 11) is 0. The molecule has 0 aliphatic carbocycles. The molecule has 1 aromatic carbocycles. The Morgan fingerprint density at radius 1 is 1.33 bits per heavy atom. The van der Waals surface area contributed by atoms with Crippen LogP contribution in [-0.2, 0) is 0 Å². The minimum Gasteiger partial charge on any atom is -0.396 e. The van der Waals surface area contributed by atoms with E-state index in [4.69, 9.17) is 0 Å². The van der Waals surface area contributed by atoms with Crippen molar-refractivity contribution in [2.24, 2.45) is 5.41 Å². The van der Waals surface area contributed by atoms with E-state index < -0.39 is 0 Å². The molecule has 1 saturated heterocycles. The molecule has 0 aromatic heterocycles. The summed E-state index contributed by atoms with van der Waals surface area (Å²) in [6.45, 7) is 9.58. The molecule has 2 N–H and O–H groups in total. The van der Waals surface area contributed by atoms with Crippen LogP contribution in [0.5, 0.6) is 0 Å². The van der Waals surface area contributed by atoms with Gasteiger partial charge in [-0.2, -0.15) is 0 Å². The van der Waals surface area contributed by atoms with Crippen LogP contribution in [0, 0.1) is 18.2 Å². The smallest absolute Gasteiger partial charge is 0.128 e. The van der Waals surface area contributed by atoms with Gasteiger partial charge in [0.2, 0.25) is 0 Å². The maximum Gasteiger partial charge on any atom is 0.128 e. The molecule has 0 amide bonds. The molecule has 0 spiro atoms. The van der Waals surface area contributed by atoms with Crippen molar-refractivity contribution in [2.75, 3.05) is 32.8 Å². The van der Waals surface area contributed by atoms with Crippen molar-refractivity contribution in [2.45, 2.75) is 26.8 Å². The van der Waals surface area contributed by atoms with E-state index >= 15 is 0 Å². The Morgan fingerprint density at radius 3 is 2.52 bits per heavy atom. The fourth-order valence-corrected chi connectivity index (χ4v) is 3.01. The fourth-order valence-electron chi connectivity index (χ4n) is 3.01. The molecule has 0 bridgehead atoms. The number of aliphatic hydroxyl groups is 1. The lowest BCUT2D eigenvalue weighted by atomic mass is 9.79. The molecule has 1 aliphatic rings. The zero-order valence-corrected chi connectivity index (χ0v) is 13.8. The highest BCUT2D eigenvalue weighted by molar-refractivity contribution is 5.85. The van der Waals surface area contributed by atoms with Crippen LogP contribution in [0.2, 0.25) is 0 Å². The molecule has 1 heterocycles. The van der Waals surface area contributed by atoms with E-state index in [2.05, 4.69) is 10.2 Å². The lowest BCUT2D eigenvalue weighted by molar-refractivity contribution is 0.0286. The SMILES string of the molecule is Cc1ccc(F)c([C@H](N2CCNCC2)C(C)(C)CO)c1.Cl. The lowest BCUT2D eigenvalue weighted by Gasteiger charge is -2.43. The molecular formula is C16H26ClFN2O. The second kappa shape index (κ2) is 7.54. The third kappa shape index (κ3) is 4.16. The van der Waals surface area contributed by atoms with Gasteiger partial charge in [-0.3, -0.25) is 4.90 Å². The number of nitrogens with one attached hydrogen (secondary N) is 1. The molecule has 1 aliphatic heterocycles. The molecule has 0 unspecified atom stereocenters. The number of piperazine rings is 1. The number of hydrogen-bond acceptors (Lipinski definition) is 3. The predicted octanol–water partition coefficient (Wildman–Crippen LogP) is 2.52. The van der Waals surface area contributed by atoms with Crippen LogP contribution in [0.25, 0.3) is 0 Å². The van der Waals surface area contributed by atoms with Crippen molar-refractivity contribution >= 4 is 12.4 Å². The number of hydrogen-bond donors (Lipinski definition) is 2. The van der Waals surface area contributed by atoms with Crippen molar-refractivity contribution in [3.8, 4) is 0 Å². The maximum atomic E-state index is 14.3. The first-order valence-electron chi connectivity index (χ1n) is 7.27. The average molecular weight is 317 g/mol. The van der Waals surface area contributed by atoms with Gasteiger partial charge in [0.25, 0.3) is 0 Å². The molecule has 0 saturated carbocycles. The summed E-state index contributed by atoms with van der Waals surface area (Å²) in [6, 6.07) is 5.14. The first-order chi connectivity index (χ1) is 9.45. The van der Waals surface area contributed by atoms with Crippen molar-refractivity contribution in [3.63, 3.8) is 0 Å². The zero-order chi connectivity index (χ0) is 14.8. The number of aryl methyl sites for hydroxylation is 1. The molecule has 1 aromatic rings. The summed E-state index contributed by atoms with van der Waals surface area (Å²) in [4.78, 5) is 2.28. The molecule has 3 nitrogen and oxygen atoms in total. The fraction of sp³-hybridized carbons (Fsp3) is 0.625. The van der Waals surface area contributed by atoms with Gasteiger partial charge in [-0.25, -0.2) is 4.39 Å². The molecule has 120 valence electrons. The second-order valence-electron chi connectivity index (χ2n) is 6.36. The third-order valence-electron chi connectivity index (χ3n) is 4.11. The van der Waals surface area contributed by atoms with E-state index in [-0.39, 0.29) is 36.3 Å². The van der Waals surface area contributed by atoms with Gasteiger partial charge in [0.15, 0.2) is 0 Å². The number of nitrogens with zero attached hydrogens (tertiary/aromatic N) is 1. The van der Waals surface area contributed by atoms with Crippen molar-refractivity contribution < 1.29 is 9.50 Å². The van der Waals surface area contributed by atoms with Crippen molar-refractivity contribution in [1.82, 2.24) is 10.2 Å². The first-order valence-corrected chi connectivity index (χ1v) is 7.27. The van der Waals surface area contributed by atoms with Crippen molar-refractivity contribution in [1.29, 1.82) is 0 Å². The van der Waals surface area contributed by atoms with Gasteiger partial charge in [0, 0.05) is 49.8 Å². The third-order valence-corrected chi connectivity index (χ3v) is 4.11. The molecule has 2 rings (SSSR count). The largest absolute Gasteiger partial charge is 0.396 e. The van der Waals surface area contributed by atoms with Crippen LogP contribution < -0.4 is 5.32 Å². The molecule has 21 heavy (non-hydrogen) atoms. The van der Waals surface area contributed by atoms with Gasteiger partial charge in [-0.05, 0) is 13.0 Å². The van der Waals surface area contributed by atoms with Gasteiger partial charge >= 0.3 is 0 Å². The Morgan fingerprint density at radius 2 is 1.95 bits per heavy atom. The Bertz CT molecular complexity index is 462. The summed E-state index contributed by atoms with van der Waals surface area (Å²) in [5.41, 5.74) is 1.37. The standard InChI is InChI=1S/C16H25FN2O.ClH/c1-12-4-5-14(17)13(10-12)15(16(2,3)11-20)19-8-6-18-7-9-19;/h4-5,10,15,18,20H,6-9,11H2,1-3H3;1H/t15-;/m0./s1. The number of halogens is 2. The van der Waals surface area contributed by atoms with E-state index in [0.29, 0.717) is 5.56 Å². The van der Waals surface area contributed by atoms with Crippen molar-refractivity contribution in [3.05, 3.63) is 35.1 Å². The quantitative estimate of drug-likeness (QED) is 0.896. The Balaban J connectivity index is 0.00000220. The summed E-state index contributed by atoms with van der Waals surface area (Å²) >= 11 is 0. The monoisotopic (exact) mass is 316 g/mol. The van der Waals surface area contributed by atoms with Crippen LogP contribution in [0.3, 0.4) is 0 Å². The van der Waals surface area contributed by atoms with Crippen LogP contribution in [0.1, 0.15) is 31.0 Å². The Hall–Kier alpha value is -0.680. The topological polar surface area (TPSA) is 35.5 Å². The highest BCUT2D eigenvalue weighted by Gasteiger charge is 2.37. The van der Waals surface area contributed by atoms with Crippen LogP contribution in [0.4, 0.5) is 4.39 Å². The lowest BCUT2D eigenvalue weighted by Crippen LogP contribution is -2.49. The Kier molecular flexibility index (Phi) is 6.60. The minimum atomic E-state index is -0.383. The maximum absolute atomic E-state index is 14.3. The molecule has 1 fully saturated rings. The summed E-state index contributed by atoms with van der Waals surface area (Å²) < 4.78 is 14.3. The highest BCUT2D eigenvalue weighted by atomic mass is 35.5. The zero-order valence-electron chi connectivity index (χ0n) is 13.0. The van der Waals surface area contributed by atoms with Crippen LogP contribution in [-0.4, -0.2) is 42.8 Å². The van der Waals surface area contributed by atoms with Gasteiger partial charge in [0.05, 0.1) is 0 Å².